The SMILES string of the molecule is CC(=O)[C@@H](C)NP(=O)(COCCn1cnc2c(=O)[nH]c(N)nc21)N[C@@H](C)C(=O)OC1CCCC1.CC(=O)[C@@H](C)NP(=O)(COCCn1cnc2c(=O)[nH]c(N)nc21)N[C@H](C)C(C)=O.CC(=O)[C@@H](C)NP(=O)(COCCn1cnc2c(=O)[nH]c(N)nc21)N[C@H](C)C(C)=O.CC(=O)[C@H](C)NP(=O)(COCCn1cnc2c(=O)[nH]c(N)nc21)N[C@H](C)C(C)=O. The van der Waals surface area contributed by atoms with Crippen molar-refractivity contribution in [2.75, 3.05) is 74.8 Å². The molecule has 53 heteroatoms. The van der Waals surface area contributed by atoms with Gasteiger partial charge in [0.05, 0.1) is 94.0 Å². The topological polar surface area (TPSA) is 706 Å². The fraction of sp³-hybridized carbons (Fsp3) is 0.588. The summed E-state index contributed by atoms with van der Waals surface area (Å²) in [6.07, 6.45) is 8.29. The van der Waals surface area contributed by atoms with Gasteiger partial charge in [-0.3, -0.25) is 95.7 Å². The molecular formula is C68H110N28O21P4. The number of nitrogen functional groups attached to an aromatic ring is 4. The summed E-state index contributed by atoms with van der Waals surface area (Å²) in [4.78, 5) is 182. The number of ether oxygens (including phenoxy) is 5. The van der Waals surface area contributed by atoms with Gasteiger partial charge in [-0.2, -0.15) is 19.9 Å². The summed E-state index contributed by atoms with van der Waals surface area (Å²) in [6, 6.07) is -5.62. The number of hydrogen-bond acceptors (Lipinski definition) is 33. The second kappa shape index (κ2) is 45.4. The minimum Gasteiger partial charge on any atom is -0.461 e. The van der Waals surface area contributed by atoms with Crippen molar-refractivity contribution in [2.45, 2.75) is 210 Å². The maximum absolute atomic E-state index is 13.5. The van der Waals surface area contributed by atoms with E-state index in [1.54, 1.807) is 73.7 Å². The highest BCUT2D eigenvalue weighted by Gasteiger charge is 2.35. The van der Waals surface area contributed by atoms with Gasteiger partial charge in [-0.05, 0) is 130 Å². The molecule has 121 heavy (non-hydrogen) atoms. The predicted octanol–water partition coefficient (Wildman–Crippen LogP) is 0.910. The lowest BCUT2D eigenvalue weighted by Gasteiger charge is -2.26. The second-order valence-electron chi connectivity index (χ2n) is 28.8. The molecule has 1 aliphatic rings. The van der Waals surface area contributed by atoms with Crippen molar-refractivity contribution in [3.05, 3.63) is 66.7 Å². The molecule has 8 aromatic heterocycles. The zero-order valence-electron chi connectivity index (χ0n) is 69.9. The van der Waals surface area contributed by atoms with Gasteiger partial charge in [0.25, 0.3) is 22.2 Å². The lowest BCUT2D eigenvalue weighted by molar-refractivity contribution is -0.150. The number of H-pyrrole nitrogens is 4. The quantitative estimate of drug-likeness (QED) is 0.0143. The molecule has 0 spiro atoms. The smallest absolute Gasteiger partial charge is 0.323 e. The summed E-state index contributed by atoms with van der Waals surface area (Å²) in [5.41, 5.74) is 22.3. The van der Waals surface area contributed by atoms with Crippen molar-refractivity contribution < 1.29 is 80.3 Å². The number of anilines is 4. The molecule has 0 amide bonds. The molecule has 0 aromatic carbocycles. The van der Waals surface area contributed by atoms with Crippen molar-refractivity contribution >= 4 is 145 Å². The Kier molecular flexibility index (Phi) is 37.5. The first kappa shape index (κ1) is 100. The standard InChI is InChI=1S/C20H32N7O6P.3C16H26N7O5P/c1-12(14(3)28)25-34(31,26-13(2)19(30)33-15-6-4-5-7-15)11-32-9-8-27-10-22-16-17(27)23-20(21)24-18(16)29;3*1-9(11(3)24)21-29(27,22-10(2)12(4)25)8-28-6-5-23-7-18-13-14(23)19-16(17)20-15(13)26/h10,12-13,15H,4-9,11H2,1-3H3,(H2,25,26,31)(H3,21,23,24,29);3*7,9-10H,5-6,8H2,1-4H3,(H2,21,22,27)(H3,17,19,20,26)/t12-,13+,34?;9-,10+,29?;2*9-,10-/m1.11/s1. The zero-order valence-corrected chi connectivity index (χ0v) is 73.4. The van der Waals surface area contributed by atoms with Crippen molar-refractivity contribution in [1.29, 1.82) is 0 Å². The van der Waals surface area contributed by atoms with Crippen LogP contribution in [0.4, 0.5) is 23.8 Å². The Balaban J connectivity index is 0.000000251. The van der Waals surface area contributed by atoms with Crippen molar-refractivity contribution in [2.24, 2.45) is 0 Å². The van der Waals surface area contributed by atoms with Crippen LogP contribution in [0.3, 0.4) is 0 Å². The van der Waals surface area contributed by atoms with Crippen LogP contribution in [0.15, 0.2) is 44.5 Å². The maximum atomic E-state index is 13.5. The predicted molar refractivity (Wildman–Crippen MR) is 448 cm³/mol. The summed E-state index contributed by atoms with van der Waals surface area (Å²) < 4.78 is 87.1. The van der Waals surface area contributed by atoms with Crippen LogP contribution in [-0.4, -0.2) is 231 Å². The molecule has 9 rings (SSSR count). The Hall–Kier alpha value is -9.80. The summed E-state index contributed by atoms with van der Waals surface area (Å²) in [6.45, 7) is 23.8. The van der Waals surface area contributed by atoms with E-state index in [0.29, 0.717) is 22.6 Å². The van der Waals surface area contributed by atoms with E-state index in [4.69, 9.17) is 46.6 Å². The normalized spacial score (nSPS) is 15.6. The van der Waals surface area contributed by atoms with Crippen LogP contribution >= 0.6 is 29.8 Å². The van der Waals surface area contributed by atoms with Gasteiger partial charge in [-0.1, -0.05) is 0 Å². The molecule has 0 bridgehead atoms. The summed E-state index contributed by atoms with van der Waals surface area (Å²) >= 11 is 0. The number of aromatic nitrogens is 16. The number of nitrogens with one attached hydrogen (secondary N) is 12. The number of Topliss-reactive ketones (excluding diaryl/α,β-unsaturated/α-hetero) is 7. The van der Waals surface area contributed by atoms with E-state index in [-0.39, 0.29) is 170 Å². The summed E-state index contributed by atoms with van der Waals surface area (Å²) in [5, 5.41) is 22.0. The molecule has 8 aromatic rings. The number of hydrogen-bond donors (Lipinski definition) is 16. The van der Waals surface area contributed by atoms with Crippen LogP contribution in [0, 0.1) is 0 Å². The fourth-order valence-corrected chi connectivity index (χ4v) is 19.7. The summed E-state index contributed by atoms with van der Waals surface area (Å²) in [5.74, 6) is -1.98. The molecule has 0 saturated heterocycles. The lowest BCUT2D eigenvalue weighted by atomic mass is 10.3. The number of carbonyl (C=O) groups is 8. The van der Waals surface area contributed by atoms with E-state index in [9.17, 15) is 75.8 Å². The number of nitrogens with zero attached hydrogens (tertiary/aromatic N) is 12. The summed E-state index contributed by atoms with van der Waals surface area (Å²) in [7, 11) is -13.7. The average Bonchev–Trinajstić information content (AvgIpc) is 1.68. The minimum absolute atomic E-state index is 0.0282. The third-order valence-electron chi connectivity index (χ3n) is 18.4. The Morgan fingerprint density at radius 3 is 0.744 bits per heavy atom. The minimum atomic E-state index is -3.51. The van der Waals surface area contributed by atoms with Gasteiger partial charge in [0, 0.05) is 26.2 Å². The highest BCUT2D eigenvalue weighted by Crippen LogP contribution is 2.41. The van der Waals surface area contributed by atoms with Gasteiger partial charge in [0.2, 0.25) is 53.6 Å². The van der Waals surface area contributed by atoms with Gasteiger partial charge >= 0.3 is 5.97 Å². The Morgan fingerprint density at radius 1 is 0.364 bits per heavy atom. The number of ketones is 7. The van der Waals surface area contributed by atoms with E-state index in [2.05, 4.69) is 101 Å². The number of imidazole rings is 4. The first-order valence-electron chi connectivity index (χ1n) is 38.1. The van der Waals surface area contributed by atoms with Crippen LogP contribution < -0.4 is 85.9 Å². The average molecular weight is 1780 g/mol. The third-order valence-corrected chi connectivity index (χ3v) is 27.0. The molecule has 10 atom stereocenters. The van der Waals surface area contributed by atoms with Gasteiger partial charge < -0.3 is 64.9 Å². The molecule has 1 aliphatic carbocycles. The van der Waals surface area contributed by atoms with Crippen LogP contribution in [0.5, 0.6) is 0 Å². The molecule has 1 fully saturated rings. The first-order valence-corrected chi connectivity index (χ1v) is 45.7. The highest BCUT2D eigenvalue weighted by atomic mass is 31.2. The number of carbonyl (C=O) groups excluding carboxylic acids is 8. The Bertz CT molecular complexity index is 4980. The van der Waals surface area contributed by atoms with E-state index in [1.807, 2.05) is 0 Å². The number of esters is 1. The van der Waals surface area contributed by atoms with Crippen LogP contribution in [0.2, 0.25) is 0 Å². The molecule has 0 aliphatic heterocycles. The molecular weight excluding hydrogens is 1670 g/mol. The zero-order chi connectivity index (χ0) is 90.2. The molecule has 49 nitrogen and oxygen atoms in total. The third kappa shape index (κ3) is 30.6. The Morgan fingerprint density at radius 2 is 0.554 bits per heavy atom. The van der Waals surface area contributed by atoms with Crippen LogP contribution in [-0.2, 0) is 106 Å². The van der Waals surface area contributed by atoms with Gasteiger partial charge in [-0.15, -0.1) is 0 Å². The van der Waals surface area contributed by atoms with E-state index in [0.717, 1.165) is 25.7 Å². The van der Waals surface area contributed by atoms with Gasteiger partial charge in [-0.25, -0.2) is 60.6 Å². The van der Waals surface area contributed by atoms with Crippen LogP contribution in [0.1, 0.15) is 130 Å². The molecule has 2 unspecified atom stereocenters. The molecule has 20 N–H and O–H groups in total. The monoisotopic (exact) mass is 1780 g/mol. The molecule has 8 heterocycles. The Labute approximate surface area is 692 Å². The van der Waals surface area contributed by atoms with Crippen molar-refractivity contribution in [3.63, 3.8) is 0 Å². The highest BCUT2D eigenvalue weighted by molar-refractivity contribution is 7.60. The molecule has 668 valence electrons. The molecule has 0 radical (unpaired) electrons. The lowest BCUT2D eigenvalue weighted by Crippen LogP contribution is -2.42. The number of nitrogens with two attached hydrogens (primary N) is 4. The largest absolute Gasteiger partial charge is 0.461 e. The maximum Gasteiger partial charge on any atom is 0.323 e. The van der Waals surface area contributed by atoms with Crippen molar-refractivity contribution in [3.8, 4) is 0 Å². The van der Waals surface area contributed by atoms with Gasteiger partial charge in [0.15, 0.2) is 44.7 Å². The van der Waals surface area contributed by atoms with E-state index >= 15 is 0 Å². The van der Waals surface area contributed by atoms with Gasteiger partial charge in [0.1, 0.15) is 78.0 Å². The number of fused-ring (bicyclic) bond motifs is 4. The van der Waals surface area contributed by atoms with Crippen molar-refractivity contribution in [1.82, 2.24) is 119 Å². The van der Waals surface area contributed by atoms with Crippen LogP contribution in [0.25, 0.3) is 44.7 Å². The number of rotatable bonds is 45. The van der Waals surface area contributed by atoms with E-state index in [1.165, 1.54) is 73.8 Å². The first-order chi connectivity index (χ1) is 56.6. The second-order valence-corrected chi connectivity index (χ2v) is 37.8. The molecule has 1 saturated carbocycles. The van der Waals surface area contributed by atoms with E-state index < -0.39 is 106 Å². The number of aromatic amines is 4. The fourth-order valence-electron chi connectivity index (χ4n) is 10.9.